The smallest absolute Gasteiger partial charge is 0.186 e. The fourth-order valence-corrected chi connectivity index (χ4v) is 4.00. The molecule has 1 aromatic carbocycles. The van der Waals surface area contributed by atoms with Gasteiger partial charge in [0.2, 0.25) is 0 Å². The number of rotatable bonds is 5. The summed E-state index contributed by atoms with van der Waals surface area (Å²) in [4.78, 5) is 6.26. The van der Waals surface area contributed by atoms with E-state index in [1.54, 1.807) is 36.5 Å². The Balaban J connectivity index is 2.33. The Morgan fingerprint density at radius 1 is 1.23 bits per heavy atom. The van der Waals surface area contributed by atoms with E-state index < -0.39 is 9.84 Å². The van der Waals surface area contributed by atoms with Crippen LogP contribution in [0.15, 0.2) is 45.9 Å². The van der Waals surface area contributed by atoms with Crippen LogP contribution in [0.25, 0.3) is 0 Å². The average Bonchev–Trinajstić information content (AvgIpc) is 2.47. The summed E-state index contributed by atoms with van der Waals surface area (Å²) in [5.74, 6) is 0.989. The molecule has 0 N–H and O–H groups in total. The van der Waals surface area contributed by atoms with E-state index in [1.165, 1.54) is 7.11 Å². The summed E-state index contributed by atoms with van der Waals surface area (Å²) >= 11 is 3.29. The molecule has 0 amide bonds. The summed E-state index contributed by atoms with van der Waals surface area (Å²) in [7, 11) is 1.69. The van der Waals surface area contributed by atoms with Gasteiger partial charge in [-0.3, -0.25) is 0 Å². The van der Waals surface area contributed by atoms with Crippen LogP contribution >= 0.6 is 15.9 Å². The Morgan fingerprint density at radius 2 is 1.95 bits per heavy atom. The zero-order valence-corrected chi connectivity index (χ0v) is 15.0. The summed E-state index contributed by atoms with van der Waals surface area (Å²) in [5, 5.41) is 0. The van der Waals surface area contributed by atoms with Crippen LogP contribution in [0, 0.1) is 0 Å². The molecule has 1 heterocycles. The Bertz CT molecular complexity index is 759. The standard InChI is InChI=1S/C15H17BrN2O3S/c1-18(2)15-7-4-11(9-17-15)10-22(19,20)14-8-12(16)5-6-13(14)21-3/h4-9H,10H2,1-3H3. The molecule has 0 spiro atoms. The van der Waals surface area contributed by atoms with Gasteiger partial charge in [0.25, 0.3) is 0 Å². The van der Waals surface area contributed by atoms with Crippen molar-refractivity contribution in [1.29, 1.82) is 0 Å². The topological polar surface area (TPSA) is 59.5 Å². The lowest BCUT2D eigenvalue weighted by Crippen LogP contribution is -2.11. The molecule has 0 saturated carbocycles. The van der Waals surface area contributed by atoms with E-state index in [-0.39, 0.29) is 10.6 Å². The molecule has 0 aliphatic carbocycles. The Labute approximate surface area is 139 Å². The molecule has 22 heavy (non-hydrogen) atoms. The third-order valence-electron chi connectivity index (χ3n) is 3.08. The van der Waals surface area contributed by atoms with E-state index in [0.29, 0.717) is 15.8 Å². The minimum Gasteiger partial charge on any atom is -0.495 e. The Kier molecular flexibility index (Phi) is 5.08. The van der Waals surface area contributed by atoms with Crippen LogP contribution < -0.4 is 9.64 Å². The van der Waals surface area contributed by atoms with Gasteiger partial charge in [0, 0.05) is 24.8 Å². The zero-order valence-electron chi connectivity index (χ0n) is 12.6. The third-order valence-corrected chi connectivity index (χ3v) is 5.28. The Hall–Kier alpha value is -1.60. The number of hydrogen-bond acceptors (Lipinski definition) is 5. The molecule has 118 valence electrons. The highest BCUT2D eigenvalue weighted by atomic mass is 79.9. The van der Waals surface area contributed by atoms with Crippen LogP contribution in [0.3, 0.4) is 0 Å². The van der Waals surface area contributed by atoms with Crippen molar-refractivity contribution >= 4 is 31.6 Å². The van der Waals surface area contributed by atoms with E-state index in [2.05, 4.69) is 20.9 Å². The maximum atomic E-state index is 12.6. The van der Waals surface area contributed by atoms with E-state index in [0.717, 1.165) is 5.82 Å². The molecule has 0 fully saturated rings. The number of halogens is 1. The summed E-state index contributed by atoms with van der Waals surface area (Å²) in [6, 6.07) is 8.48. The van der Waals surface area contributed by atoms with Crippen molar-refractivity contribution in [2.75, 3.05) is 26.1 Å². The normalized spacial score (nSPS) is 11.3. The van der Waals surface area contributed by atoms with Crippen molar-refractivity contribution in [2.45, 2.75) is 10.6 Å². The lowest BCUT2D eigenvalue weighted by molar-refractivity contribution is 0.402. The molecule has 0 atom stereocenters. The molecular weight excluding hydrogens is 368 g/mol. The van der Waals surface area contributed by atoms with Crippen molar-refractivity contribution in [1.82, 2.24) is 4.98 Å². The van der Waals surface area contributed by atoms with Crippen molar-refractivity contribution in [3.63, 3.8) is 0 Å². The van der Waals surface area contributed by atoms with Gasteiger partial charge in [0.1, 0.15) is 16.5 Å². The van der Waals surface area contributed by atoms with Crippen LogP contribution in [-0.2, 0) is 15.6 Å². The van der Waals surface area contributed by atoms with Crippen LogP contribution in [-0.4, -0.2) is 34.6 Å². The number of ether oxygens (including phenoxy) is 1. The highest BCUT2D eigenvalue weighted by Gasteiger charge is 2.21. The molecule has 0 saturated heterocycles. The van der Waals surface area contributed by atoms with Crippen molar-refractivity contribution in [2.24, 2.45) is 0 Å². The molecule has 0 radical (unpaired) electrons. The van der Waals surface area contributed by atoms with Crippen molar-refractivity contribution in [3.05, 3.63) is 46.6 Å². The maximum Gasteiger partial charge on any atom is 0.186 e. The molecule has 2 aromatic rings. The number of nitrogens with zero attached hydrogens (tertiary/aromatic N) is 2. The lowest BCUT2D eigenvalue weighted by Gasteiger charge is -2.12. The largest absolute Gasteiger partial charge is 0.495 e. The highest BCUT2D eigenvalue weighted by Crippen LogP contribution is 2.29. The minimum atomic E-state index is -3.52. The number of sulfone groups is 1. The predicted molar refractivity (Wildman–Crippen MR) is 90.1 cm³/mol. The molecule has 0 bridgehead atoms. The van der Waals surface area contributed by atoms with E-state index >= 15 is 0 Å². The first-order chi connectivity index (χ1) is 10.3. The van der Waals surface area contributed by atoms with E-state index in [9.17, 15) is 8.42 Å². The highest BCUT2D eigenvalue weighted by molar-refractivity contribution is 9.10. The molecule has 0 aliphatic rings. The predicted octanol–water partition coefficient (Wildman–Crippen LogP) is 2.89. The van der Waals surface area contributed by atoms with E-state index in [1.807, 2.05) is 19.0 Å². The second-order valence-corrected chi connectivity index (χ2v) is 7.85. The molecule has 2 rings (SSSR count). The van der Waals surface area contributed by atoms with Crippen LogP contribution in [0.4, 0.5) is 5.82 Å². The van der Waals surface area contributed by atoms with Crippen molar-refractivity contribution < 1.29 is 13.2 Å². The molecule has 5 nitrogen and oxygen atoms in total. The van der Waals surface area contributed by atoms with Gasteiger partial charge in [-0.05, 0) is 29.8 Å². The number of aromatic nitrogens is 1. The number of anilines is 1. The van der Waals surface area contributed by atoms with Gasteiger partial charge in [-0.1, -0.05) is 22.0 Å². The van der Waals surface area contributed by atoms with Crippen molar-refractivity contribution in [3.8, 4) is 5.75 Å². The molecule has 0 unspecified atom stereocenters. The van der Waals surface area contributed by atoms with Gasteiger partial charge in [-0.25, -0.2) is 13.4 Å². The molecular formula is C15H17BrN2O3S. The third kappa shape index (κ3) is 3.78. The van der Waals surface area contributed by atoms with Crippen LogP contribution in [0.2, 0.25) is 0 Å². The first-order valence-electron chi connectivity index (χ1n) is 6.52. The lowest BCUT2D eigenvalue weighted by atomic mass is 10.3. The SMILES string of the molecule is COc1ccc(Br)cc1S(=O)(=O)Cc1ccc(N(C)C)nc1. The number of methoxy groups -OCH3 is 1. The fraction of sp³-hybridized carbons (Fsp3) is 0.267. The first kappa shape index (κ1) is 16.8. The molecule has 7 heteroatoms. The first-order valence-corrected chi connectivity index (χ1v) is 8.96. The molecule has 0 aliphatic heterocycles. The summed E-state index contributed by atoms with van der Waals surface area (Å²) in [6.45, 7) is 0. The Morgan fingerprint density at radius 3 is 2.50 bits per heavy atom. The van der Waals surface area contributed by atoms with Gasteiger partial charge in [-0.2, -0.15) is 0 Å². The second kappa shape index (κ2) is 6.66. The summed E-state index contributed by atoms with van der Waals surface area (Å²) in [6.07, 6.45) is 1.58. The summed E-state index contributed by atoms with van der Waals surface area (Å²) < 4.78 is 31.1. The van der Waals surface area contributed by atoms with Gasteiger partial charge >= 0.3 is 0 Å². The number of hydrogen-bond donors (Lipinski definition) is 0. The van der Waals surface area contributed by atoms with Crippen LogP contribution in [0.1, 0.15) is 5.56 Å². The fourth-order valence-electron chi connectivity index (χ4n) is 1.96. The van der Waals surface area contributed by atoms with Gasteiger partial charge in [0.05, 0.1) is 12.9 Å². The monoisotopic (exact) mass is 384 g/mol. The number of benzene rings is 1. The summed E-state index contributed by atoms with van der Waals surface area (Å²) in [5.41, 5.74) is 0.632. The van der Waals surface area contributed by atoms with Gasteiger partial charge in [-0.15, -0.1) is 0 Å². The quantitative estimate of drug-likeness (QED) is 0.792. The average molecular weight is 385 g/mol. The minimum absolute atomic E-state index is 0.124. The second-order valence-electron chi connectivity index (χ2n) is 4.97. The molecule has 1 aromatic heterocycles. The van der Waals surface area contributed by atoms with Crippen LogP contribution in [0.5, 0.6) is 5.75 Å². The maximum absolute atomic E-state index is 12.6. The van der Waals surface area contributed by atoms with Gasteiger partial charge in [0.15, 0.2) is 9.84 Å². The zero-order chi connectivity index (χ0) is 16.3. The number of pyridine rings is 1. The van der Waals surface area contributed by atoms with Gasteiger partial charge < -0.3 is 9.64 Å². The van der Waals surface area contributed by atoms with E-state index in [4.69, 9.17) is 4.74 Å².